The number of rotatable bonds is 8. The number of aliphatic carboxylic acids is 1. The molecule has 1 unspecified atom stereocenters. The second-order valence-corrected chi connectivity index (χ2v) is 10.4. The summed E-state index contributed by atoms with van der Waals surface area (Å²) in [6.07, 6.45) is 0. The molecule has 0 bridgehead atoms. The number of carbonyl (C=O) groups is 1. The maximum Gasteiger partial charge on any atom is 0.308 e. The third kappa shape index (κ3) is 5.06. The molecule has 0 spiro atoms. The first kappa shape index (κ1) is 22.2. The molecule has 164 valence electrons. The Balaban J connectivity index is 1.46. The smallest absolute Gasteiger partial charge is 0.308 e. The molecule has 12 heteroatoms. The number of halogens is 1. The minimum atomic E-state index is -3.81. The van der Waals surface area contributed by atoms with E-state index in [0.29, 0.717) is 15.7 Å². The number of thioether (sulfide) groups is 1. The summed E-state index contributed by atoms with van der Waals surface area (Å²) in [6.45, 7) is 0. The van der Waals surface area contributed by atoms with E-state index >= 15 is 0 Å². The number of carboxylic acid groups (broad SMARTS) is 1. The molecular formula is C20H16ClN5O4S2. The van der Waals surface area contributed by atoms with E-state index in [4.69, 9.17) is 11.6 Å². The number of sulfone groups is 1. The Morgan fingerprint density at radius 1 is 1.03 bits per heavy atom. The van der Waals surface area contributed by atoms with Crippen LogP contribution in [0.25, 0.3) is 16.8 Å². The standard InChI is InChI=1S/C20H16ClN5O4S2/c21-16-5-1-13(2-6-16)14-3-7-17(8-4-14)32(29,30)12-15(20(27)28)11-31-19-10-9-18-22-24-25-26(18)23-19/h1-10,15H,11-12H2,(H,27,28). The van der Waals surface area contributed by atoms with Crippen LogP contribution in [-0.4, -0.2) is 56.3 Å². The summed E-state index contributed by atoms with van der Waals surface area (Å²) in [5.74, 6) is -2.81. The topological polar surface area (TPSA) is 127 Å². The Bertz CT molecular complexity index is 1360. The first-order chi connectivity index (χ1) is 15.3. The van der Waals surface area contributed by atoms with Gasteiger partial charge in [0.15, 0.2) is 15.5 Å². The third-order valence-corrected chi connectivity index (χ3v) is 7.80. The van der Waals surface area contributed by atoms with Crippen LogP contribution in [0.5, 0.6) is 0 Å². The highest BCUT2D eigenvalue weighted by molar-refractivity contribution is 7.99. The SMILES string of the molecule is O=C(O)C(CSc1ccc2nnnn2n1)CS(=O)(=O)c1ccc(-c2ccc(Cl)cc2)cc1. The average molecular weight is 490 g/mol. The lowest BCUT2D eigenvalue weighted by atomic mass is 10.1. The van der Waals surface area contributed by atoms with Gasteiger partial charge in [-0.3, -0.25) is 4.79 Å². The molecule has 32 heavy (non-hydrogen) atoms. The van der Waals surface area contributed by atoms with Crippen LogP contribution in [0.2, 0.25) is 5.02 Å². The third-order valence-electron chi connectivity index (χ3n) is 4.64. The molecule has 0 aliphatic heterocycles. The van der Waals surface area contributed by atoms with Crippen LogP contribution in [-0.2, 0) is 14.6 Å². The summed E-state index contributed by atoms with van der Waals surface area (Å²) in [6, 6.07) is 16.8. The number of aromatic nitrogens is 5. The van der Waals surface area contributed by atoms with Crippen LogP contribution >= 0.6 is 23.4 Å². The molecule has 0 aliphatic carbocycles. The molecule has 1 atom stereocenters. The highest BCUT2D eigenvalue weighted by Crippen LogP contribution is 2.25. The summed E-state index contributed by atoms with van der Waals surface area (Å²) >= 11 is 7.03. The first-order valence-corrected chi connectivity index (χ1v) is 12.3. The van der Waals surface area contributed by atoms with E-state index in [0.717, 1.165) is 22.9 Å². The van der Waals surface area contributed by atoms with Gasteiger partial charge in [-0.05, 0) is 58.0 Å². The largest absolute Gasteiger partial charge is 0.481 e. The van der Waals surface area contributed by atoms with E-state index in [1.165, 1.54) is 16.8 Å². The number of carboxylic acids is 1. The van der Waals surface area contributed by atoms with Crippen molar-refractivity contribution in [3.8, 4) is 11.1 Å². The van der Waals surface area contributed by atoms with Crippen molar-refractivity contribution < 1.29 is 18.3 Å². The normalized spacial score (nSPS) is 12.7. The van der Waals surface area contributed by atoms with Crippen molar-refractivity contribution in [1.82, 2.24) is 25.3 Å². The van der Waals surface area contributed by atoms with Gasteiger partial charge in [-0.2, -0.15) is 0 Å². The van der Waals surface area contributed by atoms with E-state index < -0.39 is 27.5 Å². The maximum atomic E-state index is 12.9. The zero-order chi connectivity index (χ0) is 22.7. The van der Waals surface area contributed by atoms with Crippen LogP contribution in [0.4, 0.5) is 0 Å². The predicted octanol–water partition coefficient (Wildman–Crippen LogP) is 3.11. The minimum absolute atomic E-state index is 0.0258. The lowest BCUT2D eigenvalue weighted by molar-refractivity contribution is -0.140. The molecule has 9 nitrogen and oxygen atoms in total. The van der Waals surface area contributed by atoms with Crippen molar-refractivity contribution in [2.24, 2.45) is 5.92 Å². The Hall–Kier alpha value is -3.02. The van der Waals surface area contributed by atoms with Crippen molar-refractivity contribution >= 4 is 44.8 Å². The molecule has 0 saturated heterocycles. The Kier molecular flexibility index (Phi) is 6.40. The molecule has 0 aliphatic rings. The number of hydrogen-bond acceptors (Lipinski definition) is 8. The number of benzene rings is 2. The summed E-state index contributed by atoms with van der Waals surface area (Å²) in [5.41, 5.74) is 2.17. The van der Waals surface area contributed by atoms with Gasteiger partial charge in [-0.1, -0.05) is 35.9 Å². The molecule has 4 aromatic rings. The Morgan fingerprint density at radius 2 is 1.69 bits per heavy atom. The van der Waals surface area contributed by atoms with Gasteiger partial charge < -0.3 is 5.11 Å². The number of fused-ring (bicyclic) bond motifs is 1. The first-order valence-electron chi connectivity index (χ1n) is 9.32. The number of hydrogen-bond donors (Lipinski definition) is 1. The molecule has 2 aromatic heterocycles. The van der Waals surface area contributed by atoms with Crippen molar-refractivity contribution in [2.45, 2.75) is 9.92 Å². The fourth-order valence-electron chi connectivity index (χ4n) is 2.95. The van der Waals surface area contributed by atoms with Crippen molar-refractivity contribution in [3.63, 3.8) is 0 Å². The van der Waals surface area contributed by atoms with Gasteiger partial charge in [0.05, 0.1) is 16.6 Å². The Labute approximate surface area is 192 Å². The van der Waals surface area contributed by atoms with E-state index in [9.17, 15) is 18.3 Å². The molecule has 1 N–H and O–H groups in total. The van der Waals surface area contributed by atoms with E-state index in [-0.39, 0.29) is 10.6 Å². The fraction of sp³-hybridized carbons (Fsp3) is 0.150. The van der Waals surface area contributed by atoms with Gasteiger partial charge >= 0.3 is 5.97 Å². The van der Waals surface area contributed by atoms with Gasteiger partial charge in [-0.25, -0.2) is 8.42 Å². The van der Waals surface area contributed by atoms with E-state index in [1.54, 1.807) is 36.4 Å². The van der Waals surface area contributed by atoms with Crippen LogP contribution in [0.15, 0.2) is 70.6 Å². The second-order valence-electron chi connectivity index (χ2n) is 6.86. The molecule has 4 rings (SSSR count). The van der Waals surface area contributed by atoms with Gasteiger partial charge in [0.2, 0.25) is 0 Å². The highest BCUT2D eigenvalue weighted by atomic mass is 35.5. The quantitative estimate of drug-likeness (QED) is 0.371. The van der Waals surface area contributed by atoms with Crippen molar-refractivity contribution in [3.05, 3.63) is 65.7 Å². The van der Waals surface area contributed by atoms with Crippen molar-refractivity contribution in [2.75, 3.05) is 11.5 Å². The minimum Gasteiger partial charge on any atom is -0.481 e. The Morgan fingerprint density at radius 3 is 2.34 bits per heavy atom. The molecule has 0 amide bonds. The molecule has 2 aromatic carbocycles. The zero-order valence-corrected chi connectivity index (χ0v) is 18.8. The lowest BCUT2D eigenvalue weighted by Gasteiger charge is -2.13. The van der Waals surface area contributed by atoms with E-state index in [2.05, 4.69) is 20.6 Å². The van der Waals surface area contributed by atoms with Gasteiger partial charge in [0, 0.05) is 10.8 Å². The predicted molar refractivity (Wildman–Crippen MR) is 119 cm³/mol. The zero-order valence-electron chi connectivity index (χ0n) is 16.4. The molecule has 2 heterocycles. The highest BCUT2D eigenvalue weighted by Gasteiger charge is 2.27. The molecule has 0 fully saturated rings. The van der Waals surface area contributed by atoms with Gasteiger partial charge in [-0.15, -0.1) is 26.6 Å². The molecular weight excluding hydrogens is 474 g/mol. The lowest BCUT2D eigenvalue weighted by Crippen LogP contribution is -2.26. The fourth-order valence-corrected chi connectivity index (χ4v) is 5.69. The summed E-state index contributed by atoms with van der Waals surface area (Å²) in [4.78, 5) is 11.8. The van der Waals surface area contributed by atoms with Gasteiger partial charge in [0.1, 0.15) is 5.03 Å². The van der Waals surface area contributed by atoms with Gasteiger partial charge in [0.25, 0.3) is 0 Å². The summed E-state index contributed by atoms with van der Waals surface area (Å²) in [5, 5.41) is 25.7. The summed E-state index contributed by atoms with van der Waals surface area (Å²) in [7, 11) is -3.81. The number of tetrazole rings is 1. The van der Waals surface area contributed by atoms with E-state index in [1.807, 2.05) is 12.1 Å². The van der Waals surface area contributed by atoms with Crippen LogP contribution in [0.1, 0.15) is 0 Å². The van der Waals surface area contributed by atoms with Crippen LogP contribution in [0.3, 0.4) is 0 Å². The molecule has 0 radical (unpaired) electrons. The van der Waals surface area contributed by atoms with Crippen LogP contribution in [0, 0.1) is 5.92 Å². The van der Waals surface area contributed by atoms with Crippen molar-refractivity contribution in [1.29, 1.82) is 0 Å². The number of nitrogens with zero attached hydrogens (tertiary/aromatic N) is 5. The monoisotopic (exact) mass is 489 g/mol. The molecule has 0 saturated carbocycles. The van der Waals surface area contributed by atoms with Crippen LogP contribution < -0.4 is 0 Å². The second kappa shape index (κ2) is 9.23. The average Bonchev–Trinajstić information content (AvgIpc) is 3.25. The maximum absolute atomic E-state index is 12.9. The summed E-state index contributed by atoms with van der Waals surface area (Å²) < 4.78 is 26.9.